The van der Waals surface area contributed by atoms with Crippen LogP contribution >= 0.6 is 0 Å². The predicted octanol–water partition coefficient (Wildman–Crippen LogP) is -0.129. The van der Waals surface area contributed by atoms with E-state index >= 15 is 0 Å². The summed E-state index contributed by atoms with van der Waals surface area (Å²) in [5.74, 6) is -0.481. The van der Waals surface area contributed by atoms with Gasteiger partial charge in [-0.15, -0.1) is 0 Å². The van der Waals surface area contributed by atoms with E-state index in [0.29, 0.717) is 0 Å². The summed E-state index contributed by atoms with van der Waals surface area (Å²) in [4.78, 5) is 25.0. The summed E-state index contributed by atoms with van der Waals surface area (Å²) in [6.45, 7) is 1.71. The Morgan fingerprint density at radius 1 is 1.54 bits per heavy atom. The number of carbonyl (C=O) groups excluding carboxylic acids is 1. The van der Waals surface area contributed by atoms with Crippen molar-refractivity contribution < 1.29 is 24.1 Å². The summed E-state index contributed by atoms with van der Waals surface area (Å²) in [7, 11) is 1.28. The number of methoxy groups -OCH3 is 1. The summed E-state index contributed by atoms with van der Waals surface area (Å²) in [5, 5.41) is 0. The van der Waals surface area contributed by atoms with Crippen LogP contribution in [0.1, 0.15) is 6.92 Å². The molecule has 2 atom stereocenters. The van der Waals surface area contributed by atoms with Crippen LogP contribution in [0.3, 0.4) is 0 Å². The first kappa shape index (κ1) is 10.1. The molecule has 1 aliphatic rings. The first-order valence-electron chi connectivity index (χ1n) is 3.72. The van der Waals surface area contributed by atoms with Crippen molar-refractivity contribution in [2.45, 2.75) is 19.4 Å². The van der Waals surface area contributed by atoms with Crippen molar-refractivity contribution in [3.8, 4) is 0 Å². The third kappa shape index (κ3) is 3.51. The number of rotatable bonds is 2. The zero-order valence-corrected chi connectivity index (χ0v) is 7.35. The van der Waals surface area contributed by atoms with E-state index in [-0.39, 0.29) is 6.23 Å². The normalized spacial score (nSPS) is 29.1. The lowest BCUT2D eigenvalue weighted by atomic mass is 10.5. The van der Waals surface area contributed by atoms with E-state index in [1.807, 2.05) is 0 Å². The molecule has 6 heteroatoms. The minimum Gasteiger partial charge on any atom is -0.466 e. The number of nitrogens with one attached hydrogen (secondary N) is 1. The van der Waals surface area contributed by atoms with Crippen LogP contribution in [0.25, 0.3) is 0 Å². The van der Waals surface area contributed by atoms with Crippen LogP contribution in [0.4, 0.5) is 0 Å². The molecule has 1 N–H and O–H groups in total. The van der Waals surface area contributed by atoms with E-state index in [1.165, 1.54) is 19.3 Å². The average Bonchev–Trinajstić information content (AvgIpc) is 2.16. The van der Waals surface area contributed by atoms with E-state index in [9.17, 15) is 4.79 Å². The third-order valence-corrected chi connectivity index (χ3v) is 1.24. The van der Waals surface area contributed by atoms with E-state index < -0.39 is 12.3 Å². The minimum atomic E-state index is -0.740. The maximum Gasteiger partial charge on any atom is 0.330 e. The molecule has 0 aromatic heterocycles. The summed E-state index contributed by atoms with van der Waals surface area (Å²) < 4.78 is 4.36. The molecular formula is C7H11NO5. The number of hydroxylamine groups is 1. The van der Waals surface area contributed by atoms with Crippen molar-refractivity contribution in [1.29, 1.82) is 0 Å². The molecule has 0 saturated carbocycles. The fourth-order valence-corrected chi connectivity index (χ4v) is 0.637. The molecule has 0 radical (unpaired) electrons. The molecule has 1 fully saturated rings. The molecule has 0 amide bonds. The highest BCUT2D eigenvalue weighted by Gasteiger charge is 2.17. The topological polar surface area (TPSA) is 66.0 Å². The van der Waals surface area contributed by atoms with Crippen LogP contribution in [0.2, 0.25) is 0 Å². The Morgan fingerprint density at radius 2 is 2.31 bits per heavy atom. The van der Waals surface area contributed by atoms with Crippen LogP contribution in [-0.4, -0.2) is 25.6 Å². The molecule has 13 heavy (non-hydrogen) atoms. The number of hydrogen-bond acceptors (Lipinski definition) is 6. The number of ether oxygens (including phenoxy) is 1. The molecule has 2 unspecified atom stereocenters. The van der Waals surface area contributed by atoms with Gasteiger partial charge in [0.25, 0.3) is 0 Å². The van der Waals surface area contributed by atoms with Gasteiger partial charge in [0.15, 0.2) is 6.23 Å². The Bertz CT molecular complexity index is 197. The maximum absolute atomic E-state index is 10.6. The van der Waals surface area contributed by atoms with Gasteiger partial charge < -0.3 is 4.74 Å². The highest BCUT2D eigenvalue weighted by molar-refractivity contribution is 5.81. The Kier molecular flexibility index (Phi) is 3.84. The smallest absolute Gasteiger partial charge is 0.330 e. The second-order valence-electron chi connectivity index (χ2n) is 2.32. The summed E-state index contributed by atoms with van der Waals surface area (Å²) >= 11 is 0. The van der Waals surface area contributed by atoms with Gasteiger partial charge in [0.05, 0.1) is 7.11 Å². The van der Waals surface area contributed by atoms with E-state index in [4.69, 9.17) is 14.6 Å². The van der Waals surface area contributed by atoms with Crippen LogP contribution in [0.15, 0.2) is 12.2 Å². The van der Waals surface area contributed by atoms with Crippen LogP contribution < -0.4 is 5.48 Å². The van der Waals surface area contributed by atoms with Gasteiger partial charge >= 0.3 is 5.97 Å². The van der Waals surface area contributed by atoms with Gasteiger partial charge in [0.1, 0.15) is 0 Å². The Balaban J connectivity index is 2.29. The van der Waals surface area contributed by atoms with Crippen LogP contribution in [-0.2, 0) is 24.1 Å². The van der Waals surface area contributed by atoms with Gasteiger partial charge in [0.2, 0.25) is 6.29 Å². The van der Waals surface area contributed by atoms with E-state index in [1.54, 1.807) is 6.92 Å². The zero-order valence-electron chi connectivity index (χ0n) is 7.35. The fourth-order valence-electron chi connectivity index (χ4n) is 0.637. The number of esters is 1. The van der Waals surface area contributed by atoms with Gasteiger partial charge in [-0.25, -0.2) is 9.68 Å². The maximum atomic E-state index is 10.6. The summed E-state index contributed by atoms with van der Waals surface area (Å²) in [6, 6.07) is 0. The molecule has 1 saturated heterocycles. The lowest BCUT2D eigenvalue weighted by Gasteiger charge is -2.24. The Hall–Kier alpha value is -0.950. The SMILES string of the molecule is COC(=O)/C=C\C1ONC(C)OO1. The van der Waals surface area contributed by atoms with Crippen LogP contribution in [0, 0.1) is 0 Å². The molecule has 0 bridgehead atoms. The number of carbonyl (C=O) groups is 1. The first-order chi connectivity index (χ1) is 6.22. The Morgan fingerprint density at radius 3 is 2.85 bits per heavy atom. The molecule has 0 aliphatic carbocycles. The Labute approximate surface area is 75.3 Å². The highest BCUT2D eigenvalue weighted by Crippen LogP contribution is 2.04. The predicted molar refractivity (Wildman–Crippen MR) is 40.8 cm³/mol. The fraction of sp³-hybridized carbons (Fsp3) is 0.571. The molecule has 1 aliphatic heterocycles. The van der Waals surface area contributed by atoms with Crippen molar-refractivity contribution in [3.05, 3.63) is 12.2 Å². The lowest BCUT2D eigenvalue weighted by Crippen LogP contribution is -2.40. The van der Waals surface area contributed by atoms with Gasteiger partial charge in [0, 0.05) is 6.08 Å². The highest BCUT2D eigenvalue weighted by atomic mass is 17.3. The van der Waals surface area contributed by atoms with E-state index in [2.05, 4.69) is 10.2 Å². The summed E-state index contributed by atoms with van der Waals surface area (Å²) in [6.07, 6.45) is 1.48. The van der Waals surface area contributed by atoms with Crippen molar-refractivity contribution in [2.24, 2.45) is 0 Å². The van der Waals surface area contributed by atoms with E-state index in [0.717, 1.165) is 0 Å². The van der Waals surface area contributed by atoms with Gasteiger partial charge in [-0.3, -0.25) is 4.84 Å². The molecule has 0 spiro atoms. The quantitative estimate of drug-likeness (QED) is 0.371. The molecule has 74 valence electrons. The second kappa shape index (κ2) is 4.93. The van der Waals surface area contributed by atoms with Crippen molar-refractivity contribution >= 4 is 5.97 Å². The molecule has 1 rings (SSSR count). The van der Waals surface area contributed by atoms with Gasteiger partial charge in [-0.05, 0) is 13.0 Å². The van der Waals surface area contributed by atoms with Crippen molar-refractivity contribution in [3.63, 3.8) is 0 Å². The van der Waals surface area contributed by atoms with Crippen molar-refractivity contribution in [2.75, 3.05) is 7.11 Å². The largest absolute Gasteiger partial charge is 0.466 e. The van der Waals surface area contributed by atoms with Gasteiger partial charge in [-0.1, -0.05) is 0 Å². The van der Waals surface area contributed by atoms with Gasteiger partial charge in [-0.2, -0.15) is 10.4 Å². The zero-order chi connectivity index (χ0) is 9.68. The molecule has 1 heterocycles. The molecule has 0 aromatic carbocycles. The minimum absolute atomic E-state index is 0.331. The third-order valence-electron chi connectivity index (χ3n) is 1.24. The number of hydrogen-bond donors (Lipinski definition) is 1. The first-order valence-corrected chi connectivity index (χ1v) is 3.72. The van der Waals surface area contributed by atoms with Crippen molar-refractivity contribution in [1.82, 2.24) is 5.48 Å². The second-order valence-corrected chi connectivity index (χ2v) is 2.32. The standard InChI is InChI=1S/C7H11NO5/c1-5-8-11-7(13-12-5)4-3-6(9)10-2/h3-5,7-8H,1-2H3/b4-3-. The molecule has 6 nitrogen and oxygen atoms in total. The summed E-state index contributed by atoms with van der Waals surface area (Å²) in [5.41, 5.74) is 2.52. The van der Waals surface area contributed by atoms with Crippen LogP contribution in [0.5, 0.6) is 0 Å². The molecular weight excluding hydrogens is 178 g/mol. The monoisotopic (exact) mass is 189 g/mol. The average molecular weight is 189 g/mol. The lowest BCUT2D eigenvalue weighted by molar-refractivity contribution is -0.452. The molecule has 0 aromatic rings.